The van der Waals surface area contributed by atoms with E-state index in [1.54, 1.807) is 18.0 Å². The topological polar surface area (TPSA) is 84.4 Å². The van der Waals surface area contributed by atoms with Gasteiger partial charge in [-0.2, -0.15) is 0 Å². The van der Waals surface area contributed by atoms with Crippen LogP contribution >= 0.6 is 11.8 Å². The highest BCUT2D eigenvalue weighted by atomic mass is 32.2. The van der Waals surface area contributed by atoms with Crippen molar-refractivity contribution >= 4 is 17.6 Å². The van der Waals surface area contributed by atoms with Gasteiger partial charge in [-0.3, -0.25) is 0 Å². The molecule has 92 valence electrons. The Hall–Kier alpha value is -2.08. The van der Waals surface area contributed by atoms with Gasteiger partial charge in [0, 0.05) is 17.5 Å². The molecule has 5 nitrogen and oxygen atoms in total. The molecule has 0 unspecified atom stereocenters. The standard InChI is InChI=1S/C12H12N4OS/c13-12(16-17)10-3-1-9(2-4-10)7-18-11-5-6-14-8-15-11/h1-6,8,17H,7H2,(H2,13,16). The molecule has 3 N–H and O–H groups in total. The molecule has 0 aliphatic rings. The lowest BCUT2D eigenvalue weighted by Gasteiger charge is -2.03. The van der Waals surface area contributed by atoms with Gasteiger partial charge in [0.25, 0.3) is 0 Å². The maximum absolute atomic E-state index is 8.55. The Bertz CT molecular complexity index is 528. The summed E-state index contributed by atoms with van der Waals surface area (Å²) >= 11 is 1.63. The Labute approximate surface area is 109 Å². The molecule has 0 aliphatic heterocycles. The molecule has 0 fully saturated rings. The molecule has 0 amide bonds. The first kappa shape index (κ1) is 12.4. The van der Waals surface area contributed by atoms with Gasteiger partial charge < -0.3 is 10.9 Å². The van der Waals surface area contributed by atoms with Crippen LogP contribution in [0.5, 0.6) is 0 Å². The number of nitrogens with two attached hydrogens (primary N) is 1. The molecule has 0 spiro atoms. The number of nitrogens with zero attached hydrogens (tertiary/aromatic N) is 3. The Morgan fingerprint density at radius 3 is 2.67 bits per heavy atom. The van der Waals surface area contributed by atoms with Crippen LogP contribution < -0.4 is 5.73 Å². The van der Waals surface area contributed by atoms with Gasteiger partial charge in [0.15, 0.2) is 5.84 Å². The summed E-state index contributed by atoms with van der Waals surface area (Å²) in [6, 6.07) is 9.41. The van der Waals surface area contributed by atoms with E-state index in [0.717, 1.165) is 16.3 Å². The van der Waals surface area contributed by atoms with Crippen molar-refractivity contribution in [3.05, 3.63) is 54.0 Å². The molecule has 0 saturated carbocycles. The lowest BCUT2D eigenvalue weighted by Crippen LogP contribution is -2.12. The fourth-order valence-corrected chi connectivity index (χ4v) is 2.14. The maximum atomic E-state index is 8.55. The number of benzene rings is 1. The van der Waals surface area contributed by atoms with Crippen molar-refractivity contribution in [2.45, 2.75) is 10.8 Å². The number of rotatable bonds is 4. The molecule has 6 heteroatoms. The average Bonchev–Trinajstić information content (AvgIpc) is 2.46. The number of oxime groups is 1. The predicted molar refractivity (Wildman–Crippen MR) is 70.5 cm³/mol. The third-order valence-electron chi connectivity index (χ3n) is 2.30. The molecule has 18 heavy (non-hydrogen) atoms. The zero-order valence-electron chi connectivity index (χ0n) is 9.52. The van der Waals surface area contributed by atoms with E-state index < -0.39 is 0 Å². The van der Waals surface area contributed by atoms with E-state index in [-0.39, 0.29) is 5.84 Å². The van der Waals surface area contributed by atoms with E-state index in [9.17, 15) is 0 Å². The maximum Gasteiger partial charge on any atom is 0.170 e. The van der Waals surface area contributed by atoms with Crippen LogP contribution in [0.25, 0.3) is 0 Å². The molecular weight excluding hydrogens is 248 g/mol. The average molecular weight is 260 g/mol. The molecule has 0 bridgehead atoms. The second-order valence-electron chi connectivity index (χ2n) is 3.52. The quantitative estimate of drug-likeness (QED) is 0.219. The third-order valence-corrected chi connectivity index (χ3v) is 3.31. The molecule has 0 aliphatic carbocycles. The van der Waals surface area contributed by atoms with E-state index in [2.05, 4.69) is 15.1 Å². The van der Waals surface area contributed by atoms with Gasteiger partial charge in [-0.05, 0) is 11.6 Å². The Balaban J connectivity index is 1.99. The van der Waals surface area contributed by atoms with Gasteiger partial charge in [0.1, 0.15) is 6.33 Å². The van der Waals surface area contributed by atoms with Gasteiger partial charge in [-0.15, -0.1) is 11.8 Å². The Morgan fingerprint density at radius 2 is 2.06 bits per heavy atom. The summed E-state index contributed by atoms with van der Waals surface area (Å²) in [4.78, 5) is 8.00. The van der Waals surface area contributed by atoms with Crippen LogP contribution in [0.15, 0.2) is 53.0 Å². The normalized spacial score (nSPS) is 11.4. The van der Waals surface area contributed by atoms with E-state index >= 15 is 0 Å². The summed E-state index contributed by atoms with van der Waals surface area (Å²) < 4.78 is 0. The largest absolute Gasteiger partial charge is 0.409 e. The SMILES string of the molecule is NC(=NO)c1ccc(CSc2ccncn2)cc1. The minimum absolute atomic E-state index is 0.116. The van der Waals surface area contributed by atoms with E-state index in [1.807, 2.05) is 30.3 Å². The monoisotopic (exact) mass is 260 g/mol. The van der Waals surface area contributed by atoms with Crippen molar-refractivity contribution in [2.24, 2.45) is 10.9 Å². The molecule has 1 aromatic heterocycles. The number of hydrogen-bond acceptors (Lipinski definition) is 5. The van der Waals surface area contributed by atoms with Crippen LogP contribution in [0.2, 0.25) is 0 Å². The molecule has 1 heterocycles. The summed E-state index contributed by atoms with van der Waals surface area (Å²) in [5, 5.41) is 12.4. The van der Waals surface area contributed by atoms with Gasteiger partial charge in [-0.25, -0.2) is 9.97 Å². The van der Waals surface area contributed by atoms with E-state index in [1.165, 1.54) is 6.33 Å². The summed E-state index contributed by atoms with van der Waals surface area (Å²) in [7, 11) is 0. The number of thioether (sulfide) groups is 1. The van der Waals surface area contributed by atoms with Crippen LogP contribution in [0.3, 0.4) is 0 Å². The first-order chi connectivity index (χ1) is 8.79. The Kier molecular flexibility index (Phi) is 4.14. The van der Waals surface area contributed by atoms with Crippen molar-refractivity contribution in [2.75, 3.05) is 0 Å². The minimum atomic E-state index is 0.116. The zero-order valence-corrected chi connectivity index (χ0v) is 10.3. The molecule has 0 atom stereocenters. The van der Waals surface area contributed by atoms with Crippen molar-refractivity contribution < 1.29 is 5.21 Å². The fourth-order valence-electron chi connectivity index (χ4n) is 1.35. The van der Waals surface area contributed by atoms with Crippen LogP contribution in [0, 0.1) is 0 Å². The van der Waals surface area contributed by atoms with Gasteiger partial charge in [0.2, 0.25) is 0 Å². The van der Waals surface area contributed by atoms with Crippen molar-refractivity contribution in [1.82, 2.24) is 9.97 Å². The fraction of sp³-hybridized carbons (Fsp3) is 0.0833. The molecule has 1 aromatic carbocycles. The number of aromatic nitrogens is 2. The number of hydrogen-bond donors (Lipinski definition) is 2. The molecule has 0 radical (unpaired) electrons. The first-order valence-electron chi connectivity index (χ1n) is 5.25. The summed E-state index contributed by atoms with van der Waals surface area (Å²) in [6.45, 7) is 0. The summed E-state index contributed by atoms with van der Waals surface area (Å²) in [6.07, 6.45) is 3.25. The molecule has 2 aromatic rings. The summed E-state index contributed by atoms with van der Waals surface area (Å²) in [5.41, 5.74) is 7.34. The summed E-state index contributed by atoms with van der Waals surface area (Å²) in [5.74, 6) is 0.929. The Morgan fingerprint density at radius 1 is 1.28 bits per heavy atom. The van der Waals surface area contributed by atoms with Crippen molar-refractivity contribution in [3.63, 3.8) is 0 Å². The predicted octanol–water partition coefficient (Wildman–Crippen LogP) is 1.86. The zero-order chi connectivity index (χ0) is 12.8. The smallest absolute Gasteiger partial charge is 0.170 e. The van der Waals surface area contributed by atoms with Crippen molar-refractivity contribution in [1.29, 1.82) is 0 Å². The highest BCUT2D eigenvalue weighted by Gasteiger charge is 2.00. The second-order valence-corrected chi connectivity index (χ2v) is 4.51. The van der Waals surface area contributed by atoms with Crippen LogP contribution in [0.1, 0.15) is 11.1 Å². The van der Waals surface area contributed by atoms with Gasteiger partial charge >= 0.3 is 0 Å². The highest BCUT2D eigenvalue weighted by molar-refractivity contribution is 7.98. The lowest BCUT2D eigenvalue weighted by molar-refractivity contribution is 0.318. The molecule has 2 rings (SSSR count). The first-order valence-corrected chi connectivity index (χ1v) is 6.24. The lowest BCUT2D eigenvalue weighted by atomic mass is 10.1. The molecule has 0 saturated heterocycles. The van der Waals surface area contributed by atoms with Gasteiger partial charge in [-0.1, -0.05) is 29.4 Å². The van der Waals surface area contributed by atoms with E-state index in [4.69, 9.17) is 10.9 Å². The molecular formula is C12H12N4OS. The van der Waals surface area contributed by atoms with Crippen molar-refractivity contribution in [3.8, 4) is 0 Å². The third kappa shape index (κ3) is 3.21. The van der Waals surface area contributed by atoms with Gasteiger partial charge in [0.05, 0.1) is 5.03 Å². The highest BCUT2D eigenvalue weighted by Crippen LogP contribution is 2.19. The second kappa shape index (κ2) is 6.02. The van der Waals surface area contributed by atoms with Crippen LogP contribution in [-0.2, 0) is 5.75 Å². The van der Waals surface area contributed by atoms with Crippen LogP contribution in [-0.4, -0.2) is 21.0 Å². The van der Waals surface area contributed by atoms with Crippen LogP contribution in [0.4, 0.5) is 0 Å². The minimum Gasteiger partial charge on any atom is -0.409 e. The number of amidine groups is 1. The van der Waals surface area contributed by atoms with E-state index in [0.29, 0.717) is 5.56 Å².